The van der Waals surface area contributed by atoms with E-state index in [2.05, 4.69) is 48.3 Å². The lowest BCUT2D eigenvalue weighted by Gasteiger charge is -2.22. The summed E-state index contributed by atoms with van der Waals surface area (Å²) in [4.78, 5) is 9.32. The van der Waals surface area contributed by atoms with Gasteiger partial charge in [-0.2, -0.15) is 0 Å². The van der Waals surface area contributed by atoms with E-state index in [4.69, 9.17) is 4.74 Å². The summed E-state index contributed by atoms with van der Waals surface area (Å²) in [5.41, 5.74) is 0.962. The van der Waals surface area contributed by atoms with Crippen molar-refractivity contribution in [3.05, 3.63) is 11.4 Å². The van der Waals surface area contributed by atoms with Crippen molar-refractivity contribution in [1.82, 2.24) is 9.97 Å². The molecule has 1 rings (SSSR count). The molecular formula is C15H28N4O. The molecule has 1 aromatic rings. The molecule has 1 unspecified atom stereocenters. The Morgan fingerprint density at radius 3 is 2.15 bits per heavy atom. The van der Waals surface area contributed by atoms with Gasteiger partial charge in [0.15, 0.2) is 0 Å². The zero-order valence-corrected chi connectivity index (χ0v) is 13.8. The number of ether oxygens (including phenoxy) is 1. The standard InChI is InChI=1S/C15H28N4O/c1-8-16-12-11(3)13(17-9-10(2)20-7)19-14(18-12)15(4,5)6/h10H,8-9H2,1-7H3,(H2,16,17,18,19). The smallest absolute Gasteiger partial charge is 0.138 e. The van der Waals surface area contributed by atoms with E-state index in [9.17, 15) is 0 Å². The second kappa shape index (κ2) is 6.88. The molecule has 0 aliphatic heterocycles. The molecule has 0 amide bonds. The molecule has 1 atom stereocenters. The third-order valence-corrected chi connectivity index (χ3v) is 3.12. The Hall–Kier alpha value is -1.36. The van der Waals surface area contributed by atoms with Crippen LogP contribution in [0.2, 0.25) is 0 Å². The van der Waals surface area contributed by atoms with Crippen molar-refractivity contribution in [1.29, 1.82) is 0 Å². The van der Waals surface area contributed by atoms with Crippen LogP contribution in [0, 0.1) is 6.92 Å². The zero-order valence-electron chi connectivity index (χ0n) is 13.8. The molecule has 0 aromatic carbocycles. The minimum absolute atomic E-state index is 0.0822. The summed E-state index contributed by atoms with van der Waals surface area (Å²) in [6.07, 6.45) is 0.144. The third-order valence-electron chi connectivity index (χ3n) is 3.12. The van der Waals surface area contributed by atoms with Crippen LogP contribution in [-0.2, 0) is 10.2 Å². The minimum atomic E-state index is -0.0822. The second-order valence-electron chi connectivity index (χ2n) is 6.08. The van der Waals surface area contributed by atoms with E-state index in [0.29, 0.717) is 0 Å². The number of hydrogen-bond donors (Lipinski definition) is 2. The Morgan fingerprint density at radius 2 is 1.70 bits per heavy atom. The first-order valence-electron chi connectivity index (χ1n) is 7.19. The molecule has 0 aliphatic carbocycles. The first kappa shape index (κ1) is 16.7. The molecule has 5 heteroatoms. The highest BCUT2D eigenvalue weighted by Crippen LogP contribution is 2.26. The summed E-state index contributed by atoms with van der Waals surface area (Å²) in [5.74, 6) is 2.62. The average molecular weight is 280 g/mol. The fourth-order valence-corrected chi connectivity index (χ4v) is 1.69. The van der Waals surface area contributed by atoms with Crippen molar-refractivity contribution >= 4 is 11.6 Å². The van der Waals surface area contributed by atoms with Crippen molar-refractivity contribution in [2.75, 3.05) is 30.8 Å². The van der Waals surface area contributed by atoms with Gasteiger partial charge in [0.2, 0.25) is 0 Å². The topological polar surface area (TPSA) is 59.1 Å². The average Bonchev–Trinajstić information content (AvgIpc) is 2.38. The van der Waals surface area contributed by atoms with Crippen LogP contribution < -0.4 is 10.6 Å². The van der Waals surface area contributed by atoms with E-state index in [1.807, 2.05) is 13.8 Å². The van der Waals surface area contributed by atoms with Gasteiger partial charge in [-0.1, -0.05) is 20.8 Å². The maximum absolute atomic E-state index is 5.27. The molecular weight excluding hydrogens is 252 g/mol. The Balaban J connectivity index is 3.10. The van der Waals surface area contributed by atoms with Crippen LogP contribution in [0.25, 0.3) is 0 Å². The predicted molar refractivity (Wildman–Crippen MR) is 84.6 cm³/mol. The number of anilines is 2. The first-order chi connectivity index (χ1) is 9.29. The SMILES string of the molecule is CCNc1nc(C(C)(C)C)nc(NCC(C)OC)c1C. The van der Waals surface area contributed by atoms with Gasteiger partial charge in [0.05, 0.1) is 6.10 Å². The summed E-state index contributed by atoms with van der Waals surface area (Å²) in [6, 6.07) is 0. The van der Waals surface area contributed by atoms with E-state index in [1.165, 1.54) is 0 Å². The van der Waals surface area contributed by atoms with Gasteiger partial charge in [0.1, 0.15) is 17.5 Å². The number of rotatable bonds is 6. The lowest BCUT2D eigenvalue weighted by Crippen LogP contribution is -2.23. The molecule has 0 saturated heterocycles. The Labute approximate surface area is 122 Å². The summed E-state index contributed by atoms with van der Waals surface area (Å²) in [6.45, 7) is 14.1. The zero-order chi connectivity index (χ0) is 15.3. The molecule has 0 aliphatic rings. The summed E-state index contributed by atoms with van der Waals surface area (Å²) in [7, 11) is 1.71. The van der Waals surface area contributed by atoms with Crippen molar-refractivity contribution in [3.63, 3.8) is 0 Å². The lowest BCUT2D eigenvalue weighted by molar-refractivity contribution is 0.128. The second-order valence-corrected chi connectivity index (χ2v) is 6.08. The molecule has 2 N–H and O–H groups in total. The summed E-state index contributed by atoms with van der Waals surface area (Å²) >= 11 is 0. The number of aromatic nitrogens is 2. The highest BCUT2D eigenvalue weighted by Gasteiger charge is 2.21. The van der Waals surface area contributed by atoms with Crippen molar-refractivity contribution in [2.24, 2.45) is 0 Å². The van der Waals surface area contributed by atoms with Crippen LogP contribution in [0.15, 0.2) is 0 Å². The third kappa shape index (κ3) is 4.34. The van der Waals surface area contributed by atoms with E-state index >= 15 is 0 Å². The van der Waals surface area contributed by atoms with Gasteiger partial charge >= 0.3 is 0 Å². The molecule has 0 spiro atoms. The van der Waals surface area contributed by atoms with Crippen molar-refractivity contribution < 1.29 is 4.74 Å². The van der Waals surface area contributed by atoms with Crippen molar-refractivity contribution in [2.45, 2.75) is 53.1 Å². The van der Waals surface area contributed by atoms with Crippen molar-refractivity contribution in [3.8, 4) is 0 Å². The minimum Gasteiger partial charge on any atom is -0.380 e. The normalized spacial score (nSPS) is 13.2. The maximum atomic E-state index is 5.27. The fraction of sp³-hybridized carbons (Fsp3) is 0.733. The van der Waals surface area contributed by atoms with Gasteiger partial charge in [-0.3, -0.25) is 0 Å². The molecule has 20 heavy (non-hydrogen) atoms. The molecule has 0 bridgehead atoms. The van der Waals surface area contributed by atoms with E-state index in [0.717, 1.165) is 36.1 Å². The van der Waals surface area contributed by atoms with E-state index in [1.54, 1.807) is 7.11 Å². The molecule has 0 radical (unpaired) electrons. The number of nitrogens with zero attached hydrogens (tertiary/aromatic N) is 2. The van der Waals surface area contributed by atoms with Gasteiger partial charge < -0.3 is 15.4 Å². The Kier molecular flexibility index (Phi) is 5.74. The van der Waals surface area contributed by atoms with Gasteiger partial charge in [-0.25, -0.2) is 9.97 Å². The number of methoxy groups -OCH3 is 1. The fourth-order valence-electron chi connectivity index (χ4n) is 1.69. The Bertz CT molecular complexity index is 440. The van der Waals surface area contributed by atoms with Crippen LogP contribution in [0.1, 0.15) is 46.0 Å². The number of hydrogen-bond acceptors (Lipinski definition) is 5. The summed E-state index contributed by atoms with van der Waals surface area (Å²) in [5, 5.41) is 6.67. The van der Waals surface area contributed by atoms with Crippen LogP contribution in [0.3, 0.4) is 0 Å². The van der Waals surface area contributed by atoms with E-state index in [-0.39, 0.29) is 11.5 Å². The van der Waals surface area contributed by atoms with Gasteiger partial charge in [0.25, 0.3) is 0 Å². The summed E-state index contributed by atoms with van der Waals surface area (Å²) < 4.78 is 5.27. The molecule has 1 aromatic heterocycles. The van der Waals surface area contributed by atoms with Gasteiger partial charge in [-0.05, 0) is 20.8 Å². The molecule has 5 nitrogen and oxygen atoms in total. The van der Waals surface area contributed by atoms with Crippen LogP contribution >= 0.6 is 0 Å². The largest absolute Gasteiger partial charge is 0.380 e. The predicted octanol–water partition coefficient (Wildman–Crippen LogP) is 2.96. The molecule has 114 valence electrons. The van der Waals surface area contributed by atoms with Crippen LogP contribution in [0.4, 0.5) is 11.6 Å². The highest BCUT2D eigenvalue weighted by atomic mass is 16.5. The van der Waals surface area contributed by atoms with Crippen LogP contribution in [0.5, 0.6) is 0 Å². The number of nitrogens with one attached hydrogen (secondary N) is 2. The van der Waals surface area contributed by atoms with Crippen LogP contribution in [-0.4, -0.2) is 36.3 Å². The monoisotopic (exact) mass is 280 g/mol. The quantitative estimate of drug-likeness (QED) is 0.839. The highest BCUT2D eigenvalue weighted by molar-refractivity contribution is 5.57. The lowest BCUT2D eigenvalue weighted by atomic mass is 9.95. The van der Waals surface area contributed by atoms with Gasteiger partial charge in [-0.15, -0.1) is 0 Å². The van der Waals surface area contributed by atoms with E-state index < -0.39 is 0 Å². The maximum Gasteiger partial charge on any atom is 0.138 e. The van der Waals surface area contributed by atoms with Gasteiger partial charge in [0, 0.05) is 31.2 Å². The molecule has 1 heterocycles. The molecule has 0 saturated carbocycles. The first-order valence-corrected chi connectivity index (χ1v) is 7.19. The Morgan fingerprint density at radius 1 is 1.15 bits per heavy atom. The molecule has 0 fully saturated rings.